The Kier molecular flexibility index (Phi) is 8.36. The van der Waals surface area contributed by atoms with E-state index in [4.69, 9.17) is 0 Å². The molecule has 2 aliphatic rings. The van der Waals surface area contributed by atoms with Gasteiger partial charge in [0.1, 0.15) is 18.0 Å². The Balaban J connectivity index is 1.23. The van der Waals surface area contributed by atoms with Gasteiger partial charge in [-0.05, 0) is 69.1 Å². The highest BCUT2D eigenvalue weighted by Crippen LogP contribution is 2.34. The molecule has 0 unspecified atom stereocenters. The molecule has 13 heteroatoms. The lowest BCUT2D eigenvalue weighted by atomic mass is 10.1. The van der Waals surface area contributed by atoms with Crippen molar-refractivity contribution in [3.63, 3.8) is 0 Å². The Morgan fingerprint density at radius 3 is 2.47 bits per heavy atom. The van der Waals surface area contributed by atoms with Gasteiger partial charge in [-0.2, -0.15) is 23.0 Å². The average Bonchev–Trinajstić information content (AvgIpc) is 3.76. The summed E-state index contributed by atoms with van der Waals surface area (Å²) in [6.07, 6.45) is -0.863. The predicted octanol–water partition coefficient (Wildman–Crippen LogP) is 6.01. The van der Waals surface area contributed by atoms with E-state index in [1.165, 1.54) is 12.4 Å². The van der Waals surface area contributed by atoms with E-state index < -0.39 is 17.6 Å². The van der Waals surface area contributed by atoms with E-state index in [0.29, 0.717) is 47.8 Å². The van der Waals surface area contributed by atoms with Gasteiger partial charge in [-0.25, -0.2) is 9.97 Å². The fourth-order valence-electron chi connectivity index (χ4n) is 5.33. The smallest absolute Gasteiger partial charge is 0.369 e. The molecule has 0 atom stereocenters. The molecule has 4 aromatic rings. The minimum absolute atomic E-state index is 0.0547. The molecule has 0 bridgehead atoms. The molecular formula is C32H36F3N9O. The monoisotopic (exact) mass is 619 g/mol. The van der Waals surface area contributed by atoms with E-state index >= 15 is 0 Å². The SMILES string of the molecule is CCN1CCN(c2cc(C(=O)Nc3ccc(C)c(Nc4cc(C)nn4-c4cc(NC5CC5)ncn4)c3)cc(C(F)(F)F)c2)CC1. The zero-order valence-electron chi connectivity index (χ0n) is 25.4. The van der Waals surface area contributed by atoms with Crippen LogP contribution in [0.15, 0.2) is 54.9 Å². The summed E-state index contributed by atoms with van der Waals surface area (Å²) in [5.74, 6) is 1.34. The van der Waals surface area contributed by atoms with Crippen LogP contribution in [0.2, 0.25) is 0 Å². The number of benzene rings is 2. The summed E-state index contributed by atoms with van der Waals surface area (Å²) in [7, 11) is 0. The molecule has 3 heterocycles. The number of rotatable bonds is 9. The number of hydrogen-bond donors (Lipinski definition) is 3. The van der Waals surface area contributed by atoms with Crippen molar-refractivity contribution in [1.29, 1.82) is 0 Å². The van der Waals surface area contributed by atoms with Crippen molar-refractivity contribution in [2.24, 2.45) is 0 Å². The van der Waals surface area contributed by atoms with Crippen molar-refractivity contribution < 1.29 is 18.0 Å². The molecule has 3 N–H and O–H groups in total. The van der Waals surface area contributed by atoms with Crippen molar-refractivity contribution in [2.75, 3.05) is 53.6 Å². The minimum Gasteiger partial charge on any atom is -0.369 e. The van der Waals surface area contributed by atoms with Crippen LogP contribution >= 0.6 is 0 Å². The van der Waals surface area contributed by atoms with Crippen LogP contribution < -0.4 is 20.9 Å². The molecule has 236 valence electrons. The first-order valence-electron chi connectivity index (χ1n) is 15.1. The number of nitrogens with one attached hydrogen (secondary N) is 3. The largest absolute Gasteiger partial charge is 0.416 e. The highest BCUT2D eigenvalue weighted by molar-refractivity contribution is 6.05. The molecule has 6 rings (SSSR count). The summed E-state index contributed by atoms with van der Waals surface area (Å²) in [5.41, 5.74) is 2.28. The summed E-state index contributed by atoms with van der Waals surface area (Å²) in [6, 6.07) is 13.0. The van der Waals surface area contributed by atoms with Gasteiger partial charge in [0.25, 0.3) is 5.91 Å². The second-order valence-corrected chi connectivity index (χ2v) is 11.6. The number of alkyl halides is 3. The zero-order chi connectivity index (χ0) is 31.7. The lowest BCUT2D eigenvalue weighted by Crippen LogP contribution is -2.46. The number of likely N-dealkylation sites (N-methyl/N-ethyl adjacent to an activating group) is 1. The lowest BCUT2D eigenvalue weighted by Gasteiger charge is -2.36. The minimum atomic E-state index is -4.59. The van der Waals surface area contributed by atoms with E-state index in [-0.39, 0.29) is 5.56 Å². The third-order valence-electron chi connectivity index (χ3n) is 8.08. The number of halogens is 3. The van der Waals surface area contributed by atoms with Crippen molar-refractivity contribution in [2.45, 2.75) is 45.8 Å². The maximum Gasteiger partial charge on any atom is 0.416 e. The standard InChI is InChI=1S/C32H36F3N9O/c1-4-42-9-11-43(12-10-42)26-15-22(14-23(16-26)32(33,34)35)31(45)39-25-6-5-20(2)27(17-25)40-30-13-21(3)41-44(30)29-18-28(36-19-37-29)38-24-7-8-24/h5-6,13-19,24,40H,4,7-12H2,1-3H3,(H,39,45)(H,36,37,38). The van der Waals surface area contributed by atoms with Crippen molar-refractivity contribution in [3.05, 3.63) is 77.2 Å². The molecule has 2 aromatic heterocycles. The number of anilines is 5. The van der Waals surface area contributed by atoms with Crippen molar-refractivity contribution >= 4 is 34.6 Å². The van der Waals surface area contributed by atoms with Crippen LogP contribution in [0.5, 0.6) is 0 Å². The number of aryl methyl sites for hydroxylation is 2. The molecule has 0 radical (unpaired) electrons. The van der Waals surface area contributed by atoms with Crippen LogP contribution in [0.4, 0.5) is 41.9 Å². The normalized spacial score (nSPS) is 15.6. The van der Waals surface area contributed by atoms with Gasteiger partial charge in [0.2, 0.25) is 0 Å². The second kappa shape index (κ2) is 12.4. The molecule has 1 aliphatic heterocycles. The maximum absolute atomic E-state index is 13.9. The van der Waals surface area contributed by atoms with Gasteiger partial charge in [-0.1, -0.05) is 13.0 Å². The van der Waals surface area contributed by atoms with E-state index in [9.17, 15) is 18.0 Å². The van der Waals surface area contributed by atoms with Gasteiger partial charge in [0.15, 0.2) is 5.82 Å². The maximum atomic E-state index is 13.9. The summed E-state index contributed by atoms with van der Waals surface area (Å²) < 4.78 is 43.3. The van der Waals surface area contributed by atoms with Gasteiger partial charge < -0.3 is 25.8 Å². The molecule has 1 aliphatic carbocycles. The lowest BCUT2D eigenvalue weighted by molar-refractivity contribution is -0.137. The van der Waals surface area contributed by atoms with E-state index in [1.54, 1.807) is 16.8 Å². The predicted molar refractivity (Wildman–Crippen MR) is 169 cm³/mol. The fourth-order valence-corrected chi connectivity index (χ4v) is 5.33. The molecule has 2 aromatic carbocycles. The van der Waals surface area contributed by atoms with Gasteiger partial charge in [-0.15, -0.1) is 0 Å². The first-order valence-corrected chi connectivity index (χ1v) is 15.1. The number of aromatic nitrogens is 4. The average molecular weight is 620 g/mol. The molecule has 2 fully saturated rings. The van der Waals surface area contributed by atoms with Crippen molar-refractivity contribution in [3.8, 4) is 5.82 Å². The number of amides is 1. The Morgan fingerprint density at radius 2 is 1.76 bits per heavy atom. The summed E-state index contributed by atoms with van der Waals surface area (Å²) in [4.78, 5) is 26.2. The number of carbonyl (C=O) groups excluding carboxylic acids is 1. The summed E-state index contributed by atoms with van der Waals surface area (Å²) in [6.45, 7) is 9.43. The van der Waals surface area contributed by atoms with Crippen LogP contribution in [-0.2, 0) is 6.18 Å². The Bertz CT molecular complexity index is 1690. The first-order chi connectivity index (χ1) is 21.6. The van der Waals surface area contributed by atoms with Gasteiger partial charge in [0.05, 0.1) is 11.3 Å². The summed E-state index contributed by atoms with van der Waals surface area (Å²) in [5, 5.41) is 14.2. The number of piperazine rings is 1. The number of hydrogen-bond acceptors (Lipinski definition) is 8. The number of carbonyl (C=O) groups is 1. The molecule has 45 heavy (non-hydrogen) atoms. The summed E-state index contributed by atoms with van der Waals surface area (Å²) >= 11 is 0. The van der Waals surface area contributed by atoms with Crippen LogP contribution in [0, 0.1) is 13.8 Å². The van der Waals surface area contributed by atoms with Gasteiger partial charge in [0, 0.05) is 67.0 Å². The van der Waals surface area contributed by atoms with Crippen LogP contribution in [-0.4, -0.2) is 69.3 Å². The quantitative estimate of drug-likeness (QED) is 0.209. The van der Waals surface area contributed by atoms with Crippen LogP contribution in [0.25, 0.3) is 5.82 Å². The molecular weight excluding hydrogens is 583 g/mol. The molecule has 10 nitrogen and oxygen atoms in total. The highest BCUT2D eigenvalue weighted by atomic mass is 19.4. The highest BCUT2D eigenvalue weighted by Gasteiger charge is 2.33. The van der Waals surface area contributed by atoms with Gasteiger partial charge >= 0.3 is 6.18 Å². The Labute approximate surface area is 259 Å². The second-order valence-electron chi connectivity index (χ2n) is 11.6. The third-order valence-corrected chi connectivity index (χ3v) is 8.08. The molecule has 1 amide bonds. The Morgan fingerprint density at radius 1 is 0.978 bits per heavy atom. The van der Waals surface area contributed by atoms with Crippen LogP contribution in [0.1, 0.15) is 46.9 Å². The van der Waals surface area contributed by atoms with E-state index in [2.05, 4.69) is 42.8 Å². The zero-order valence-corrected chi connectivity index (χ0v) is 25.4. The van der Waals surface area contributed by atoms with E-state index in [1.807, 2.05) is 36.9 Å². The van der Waals surface area contributed by atoms with Gasteiger partial charge in [-0.3, -0.25) is 4.79 Å². The third kappa shape index (κ3) is 7.19. The topological polar surface area (TPSA) is 103 Å². The van der Waals surface area contributed by atoms with Crippen molar-refractivity contribution in [1.82, 2.24) is 24.6 Å². The fraction of sp³-hybridized carbons (Fsp3) is 0.375. The molecule has 1 saturated carbocycles. The molecule has 0 spiro atoms. The first kappa shape index (κ1) is 30.4. The Hall–Kier alpha value is -4.65. The van der Waals surface area contributed by atoms with E-state index in [0.717, 1.165) is 61.7 Å². The molecule has 1 saturated heterocycles. The number of nitrogens with zero attached hydrogens (tertiary/aromatic N) is 6. The van der Waals surface area contributed by atoms with Crippen LogP contribution in [0.3, 0.4) is 0 Å².